The smallest absolute Gasteiger partial charge is 0.338 e. The number of benzene rings is 1. The largest absolute Gasteiger partial charge is 0.456 e. The summed E-state index contributed by atoms with van der Waals surface area (Å²) in [5.41, 5.74) is 5.54. The molecule has 0 radical (unpaired) electrons. The molecule has 0 aliphatic rings. The molecule has 0 spiro atoms. The number of carbonyl (C=O) groups is 1. The average Bonchev–Trinajstić information content (AvgIpc) is 3.41. The molecule has 0 saturated carbocycles. The molecule has 6 nitrogen and oxygen atoms in total. The second-order valence-corrected chi connectivity index (χ2v) is 7.48. The Labute approximate surface area is 167 Å². The Bertz CT molecular complexity index is 1100. The van der Waals surface area contributed by atoms with E-state index in [2.05, 4.69) is 40.6 Å². The van der Waals surface area contributed by atoms with Crippen LogP contribution in [-0.2, 0) is 18.4 Å². The lowest BCUT2D eigenvalue weighted by molar-refractivity contribution is 0.0468. The quantitative estimate of drug-likeness (QED) is 0.475. The van der Waals surface area contributed by atoms with E-state index >= 15 is 0 Å². The third-order valence-corrected chi connectivity index (χ3v) is 5.43. The molecule has 7 heteroatoms. The second kappa shape index (κ2) is 7.44. The molecular weight excluding hydrogens is 372 g/mol. The van der Waals surface area contributed by atoms with Crippen LogP contribution in [0.25, 0.3) is 16.3 Å². The van der Waals surface area contributed by atoms with Crippen LogP contribution in [0.1, 0.15) is 27.4 Å². The number of hydrogen-bond acceptors (Lipinski definition) is 5. The summed E-state index contributed by atoms with van der Waals surface area (Å²) in [7, 11) is 1.87. The van der Waals surface area contributed by atoms with Crippen LogP contribution in [0, 0.1) is 13.8 Å². The third-order valence-electron chi connectivity index (χ3n) is 4.49. The Morgan fingerprint density at radius 1 is 1.11 bits per heavy atom. The third kappa shape index (κ3) is 3.61. The molecule has 1 aromatic carbocycles. The highest BCUT2D eigenvalue weighted by atomic mass is 32.1. The SMILES string of the molecule is Cc1ccc(C)n1-c1ccc(C(=O)OCc2csc(-c3cnn(C)c3)n2)cc1. The van der Waals surface area contributed by atoms with Crippen LogP contribution in [0.15, 0.2) is 54.2 Å². The zero-order valence-electron chi connectivity index (χ0n) is 15.9. The van der Waals surface area contributed by atoms with Crippen molar-refractivity contribution in [3.05, 3.63) is 76.8 Å². The van der Waals surface area contributed by atoms with Crippen molar-refractivity contribution >= 4 is 17.3 Å². The summed E-state index contributed by atoms with van der Waals surface area (Å²) in [5.74, 6) is -0.358. The predicted octanol–water partition coefficient (Wildman–Crippen LogP) is 4.31. The summed E-state index contributed by atoms with van der Waals surface area (Å²) in [6.45, 7) is 4.26. The van der Waals surface area contributed by atoms with E-state index in [1.165, 1.54) is 11.3 Å². The maximum atomic E-state index is 12.4. The minimum absolute atomic E-state index is 0.146. The molecule has 4 rings (SSSR count). The first-order valence-corrected chi connectivity index (χ1v) is 9.75. The van der Waals surface area contributed by atoms with Gasteiger partial charge >= 0.3 is 5.97 Å². The number of carbonyl (C=O) groups excluding carboxylic acids is 1. The summed E-state index contributed by atoms with van der Waals surface area (Å²) < 4.78 is 9.30. The highest BCUT2D eigenvalue weighted by Crippen LogP contribution is 2.23. The zero-order valence-corrected chi connectivity index (χ0v) is 16.7. The van der Waals surface area contributed by atoms with E-state index < -0.39 is 0 Å². The molecule has 28 heavy (non-hydrogen) atoms. The molecular formula is C21H20N4O2S. The molecule has 0 atom stereocenters. The monoisotopic (exact) mass is 392 g/mol. The number of rotatable bonds is 5. The minimum Gasteiger partial charge on any atom is -0.456 e. The van der Waals surface area contributed by atoms with E-state index in [0.717, 1.165) is 33.3 Å². The lowest BCUT2D eigenvalue weighted by Gasteiger charge is -2.10. The van der Waals surface area contributed by atoms with Gasteiger partial charge in [-0.2, -0.15) is 5.10 Å². The lowest BCUT2D eigenvalue weighted by Crippen LogP contribution is -2.06. The molecule has 0 aliphatic heterocycles. The van der Waals surface area contributed by atoms with Crippen molar-refractivity contribution in [1.29, 1.82) is 0 Å². The highest BCUT2D eigenvalue weighted by molar-refractivity contribution is 7.13. The first kappa shape index (κ1) is 18.2. The molecule has 0 unspecified atom stereocenters. The van der Waals surface area contributed by atoms with Crippen molar-refractivity contribution in [3.8, 4) is 16.3 Å². The van der Waals surface area contributed by atoms with E-state index in [-0.39, 0.29) is 12.6 Å². The molecule has 0 amide bonds. The van der Waals surface area contributed by atoms with Crippen molar-refractivity contribution in [2.75, 3.05) is 0 Å². The maximum absolute atomic E-state index is 12.4. The number of thiazole rings is 1. The van der Waals surface area contributed by atoms with Gasteiger partial charge in [0.15, 0.2) is 0 Å². The minimum atomic E-state index is -0.358. The number of aromatic nitrogens is 4. The average molecular weight is 392 g/mol. The summed E-state index contributed by atoms with van der Waals surface area (Å²) in [4.78, 5) is 16.9. The normalized spacial score (nSPS) is 11.0. The van der Waals surface area contributed by atoms with Crippen LogP contribution < -0.4 is 0 Å². The lowest BCUT2D eigenvalue weighted by atomic mass is 10.2. The molecule has 4 aromatic rings. The van der Waals surface area contributed by atoms with Gasteiger partial charge in [-0.1, -0.05) is 0 Å². The van der Waals surface area contributed by atoms with Crippen molar-refractivity contribution in [1.82, 2.24) is 19.3 Å². The first-order chi connectivity index (χ1) is 13.5. The van der Waals surface area contributed by atoms with Gasteiger partial charge in [-0.25, -0.2) is 9.78 Å². The van der Waals surface area contributed by atoms with E-state index in [0.29, 0.717) is 5.56 Å². The topological polar surface area (TPSA) is 61.9 Å². The van der Waals surface area contributed by atoms with Crippen LogP contribution in [0.2, 0.25) is 0 Å². The van der Waals surface area contributed by atoms with Crippen molar-refractivity contribution in [2.24, 2.45) is 7.05 Å². The Morgan fingerprint density at radius 2 is 1.82 bits per heavy atom. The van der Waals surface area contributed by atoms with Crippen molar-refractivity contribution in [2.45, 2.75) is 20.5 Å². The number of ether oxygens (including phenoxy) is 1. The van der Waals surface area contributed by atoms with Crippen LogP contribution in [0.3, 0.4) is 0 Å². The fourth-order valence-corrected chi connectivity index (χ4v) is 3.86. The molecule has 0 bridgehead atoms. The number of hydrogen-bond donors (Lipinski definition) is 0. The standard InChI is InChI=1S/C21H20N4O2S/c1-14-4-5-15(2)25(14)19-8-6-16(7-9-19)21(26)27-12-18-13-28-20(23-18)17-10-22-24(3)11-17/h4-11,13H,12H2,1-3H3. The maximum Gasteiger partial charge on any atom is 0.338 e. The molecule has 3 aromatic heterocycles. The van der Waals surface area contributed by atoms with E-state index in [4.69, 9.17) is 4.74 Å². The van der Waals surface area contributed by atoms with Gasteiger partial charge in [-0.3, -0.25) is 4.68 Å². The van der Waals surface area contributed by atoms with Gasteiger partial charge in [-0.05, 0) is 50.2 Å². The second-order valence-electron chi connectivity index (χ2n) is 6.62. The zero-order chi connectivity index (χ0) is 19.7. The Kier molecular flexibility index (Phi) is 4.83. The number of nitrogens with zero attached hydrogens (tertiary/aromatic N) is 4. The fourth-order valence-electron chi connectivity index (χ4n) is 3.08. The first-order valence-electron chi connectivity index (χ1n) is 8.87. The van der Waals surface area contributed by atoms with E-state index in [9.17, 15) is 4.79 Å². The van der Waals surface area contributed by atoms with Gasteiger partial charge in [0.05, 0.1) is 17.5 Å². The van der Waals surface area contributed by atoms with Crippen LogP contribution in [-0.4, -0.2) is 25.3 Å². The summed E-state index contributed by atoms with van der Waals surface area (Å²) in [6, 6.07) is 11.6. The predicted molar refractivity (Wildman–Crippen MR) is 109 cm³/mol. The van der Waals surface area contributed by atoms with Gasteiger partial charge in [-0.15, -0.1) is 11.3 Å². The van der Waals surface area contributed by atoms with E-state index in [1.54, 1.807) is 23.0 Å². The number of esters is 1. The van der Waals surface area contributed by atoms with Gasteiger partial charge < -0.3 is 9.30 Å². The van der Waals surface area contributed by atoms with E-state index in [1.807, 2.05) is 30.8 Å². The molecule has 0 aliphatic carbocycles. The van der Waals surface area contributed by atoms with Crippen molar-refractivity contribution < 1.29 is 9.53 Å². The summed E-state index contributed by atoms with van der Waals surface area (Å²) in [6.07, 6.45) is 3.68. The molecule has 0 N–H and O–H groups in total. The van der Waals surface area contributed by atoms with Gasteiger partial charge in [0.25, 0.3) is 0 Å². The Morgan fingerprint density at radius 3 is 2.46 bits per heavy atom. The highest BCUT2D eigenvalue weighted by Gasteiger charge is 2.12. The van der Waals surface area contributed by atoms with Gasteiger partial charge in [0.2, 0.25) is 0 Å². The summed E-state index contributed by atoms with van der Waals surface area (Å²) in [5, 5.41) is 6.91. The van der Waals surface area contributed by atoms with Gasteiger partial charge in [0, 0.05) is 41.3 Å². The van der Waals surface area contributed by atoms with Crippen LogP contribution >= 0.6 is 11.3 Å². The molecule has 3 heterocycles. The van der Waals surface area contributed by atoms with Crippen molar-refractivity contribution in [3.63, 3.8) is 0 Å². The molecule has 142 valence electrons. The molecule has 0 fully saturated rings. The molecule has 0 saturated heterocycles. The van der Waals surface area contributed by atoms with Gasteiger partial charge in [0.1, 0.15) is 11.6 Å². The van der Waals surface area contributed by atoms with Crippen LogP contribution in [0.5, 0.6) is 0 Å². The Balaban J connectivity index is 1.41. The Hall–Kier alpha value is -3.19. The number of aryl methyl sites for hydroxylation is 3. The fraction of sp³-hybridized carbons (Fsp3) is 0.190. The van der Waals surface area contributed by atoms with Crippen LogP contribution in [0.4, 0.5) is 0 Å². The summed E-state index contributed by atoms with van der Waals surface area (Å²) >= 11 is 1.51.